The number of pyridine rings is 2. The van der Waals surface area contributed by atoms with Crippen LogP contribution < -0.4 is 65.7 Å². The molecular weight excluding hydrogens is 1510 g/mol. The normalized spacial score (nSPS) is 16.6. The number of carbonyl (C=O) groups is 2. The van der Waals surface area contributed by atoms with E-state index in [4.69, 9.17) is 33.2 Å². The maximum atomic E-state index is 12.5. The quantitative estimate of drug-likeness (QED) is 0.0682. The van der Waals surface area contributed by atoms with Crippen molar-refractivity contribution in [2.45, 2.75) is 148 Å². The minimum absolute atomic E-state index is 0.0300. The molecule has 4 fully saturated rings. The molecule has 15 rings (SSSR count). The summed E-state index contributed by atoms with van der Waals surface area (Å²) in [4.78, 5) is 39.1. The highest BCUT2D eigenvalue weighted by molar-refractivity contribution is 9.10. The molecule has 0 aliphatic carbocycles. The largest absolute Gasteiger partial charge is 0.494 e. The summed E-state index contributed by atoms with van der Waals surface area (Å²) in [5.41, 5.74) is 2.39. The number of carbonyl (C=O) groups excluding carboxylic acids is 2. The van der Waals surface area contributed by atoms with Crippen LogP contribution >= 0.6 is 31.8 Å². The molecule has 15 nitrogen and oxygen atoms in total. The fraction of sp³-hybridized carbons (Fsp3) is 0.368. The Balaban J connectivity index is 0.000000149. The van der Waals surface area contributed by atoms with E-state index in [-0.39, 0.29) is 29.7 Å². The van der Waals surface area contributed by atoms with Crippen molar-refractivity contribution in [2.75, 3.05) is 70.6 Å². The Hall–Kier alpha value is -9.30. The lowest BCUT2D eigenvalue weighted by Gasteiger charge is -2.38. The molecule has 5 aliphatic rings. The number of nitrogens with zero attached hydrogens (tertiary/aromatic N) is 5. The zero-order valence-corrected chi connectivity index (χ0v) is 70.3. The number of nitrogens with one attached hydrogen (secondary N) is 1. The molecule has 18 heteroatoms. The van der Waals surface area contributed by atoms with E-state index < -0.39 is 27.0 Å². The van der Waals surface area contributed by atoms with Crippen molar-refractivity contribution in [1.82, 2.24) is 25.1 Å². The van der Waals surface area contributed by atoms with Crippen molar-refractivity contribution < 1.29 is 42.7 Å². The lowest BCUT2D eigenvalue weighted by atomic mass is 9.76. The predicted molar refractivity (Wildman–Crippen MR) is 465 cm³/mol. The van der Waals surface area contributed by atoms with Crippen LogP contribution in [0.1, 0.15) is 131 Å². The first kappa shape index (κ1) is 83.1. The molecule has 592 valence electrons. The van der Waals surface area contributed by atoms with Crippen LogP contribution in [-0.2, 0) is 14.9 Å². The molecule has 2 amide bonds. The second kappa shape index (κ2) is 40.6. The summed E-state index contributed by atoms with van der Waals surface area (Å²) < 4.78 is 42.5. The van der Waals surface area contributed by atoms with E-state index in [0.29, 0.717) is 31.4 Å². The summed E-state index contributed by atoms with van der Waals surface area (Å²) in [5, 5.41) is 11.2. The van der Waals surface area contributed by atoms with Gasteiger partial charge in [0.1, 0.15) is 58.9 Å². The van der Waals surface area contributed by atoms with E-state index in [2.05, 4.69) is 214 Å². The zero-order chi connectivity index (χ0) is 79.0. The van der Waals surface area contributed by atoms with Crippen molar-refractivity contribution >= 4 is 81.5 Å². The minimum atomic E-state index is -0.824. The van der Waals surface area contributed by atoms with Gasteiger partial charge < -0.3 is 53.2 Å². The fourth-order valence-electron chi connectivity index (χ4n) is 15.0. The standard InChI is InChI=1S/C39H32OP2.C28H39N3O4.C15H21BrN2O3.C13H19NO/c1-39(2)33-25-15-27-35(41(29-17-7-3-8-18-29)30-19-9-4-10-20-30)37(33)40-38-34(39)26-16-28-36(38)42(31-21-11-5-12-22-31)32-23-13-6-14-24-32;1-28(2,3)35-27(32)31-14-7-8-23(31)21-34-26-18-24(19-29-20-26)30-15-11-22(12-16-30)13-17-33-25-9-5-4-6-10-25;1-15(2,3)21-14(19)18-6-4-5-12(18)10-20-13-7-11(16)8-17-9-13;1-2-4-13(5-3-1)15-11-8-12-6-9-14-10-7-12/h3-28H,1-2H3;4-6,9-10,18-20,22-23H,7-8,11-17,21H2,1-3H3;7-9,12H,4-6,10H2,1-3H3;1-5,12,14H,6-11H2/t;23-;12-;/m.00./s1. The number of likely N-dealkylation sites (tertiary alicyclic amines) is 2. The van der Waals surface area contributed by atoms with Gasteiger partial charge in [-0.15, -0.1) is 0 Å². The lowest BCUT2D eigenvalue weighted by molar-refractivity contribution is 0.0177. The molecular formula is C95H111BrN6O9P2. The van der Waals surface area contributed by atoms with E-state index >= 15 is 0 Å². The van der Waals surface area contributed by atoms with Crippen LogP contribution in [0.25, 0.3) is 0 Å². The van der Waals surface area contributed by atoms with Crippen LogP contribution in [0.3, 0.4) is 0 Å². The van der Waals surface area contributed by atoms with Crippen LogP contribution in [-0.4, -0.2) is 121 Å². The Morgan fingerprint density at radius 2 is 0.850 bits per heavy atom. The topological polar surface area (TPSA) is 146 Å². The van der Waals surface area contributed by atoms with Gasteiger partial charge in [-0.05, 0) is 214 Å². The van der Waals surface area contributed by atoms with E-state index in [1.807, 2.05) is 114 Å². The number of benzene rings is 8. The molecule has 2 atom stereocenters. The van der Waals surface area contributed by atoms with Crippen molar-refractivity contribution in [3.8, 4) is 34.5 Å². The van der Waals surface area contributed by atoms with Crippen molar-refractivity contribution in [3.63, 3.8) is 0 Å². The maximum absolute atomic E-state index is 12.5. The summed E-state index contributed by atoms with van der Waals surface area (Å²) in [6.07, 6.45) is 17.5. The third-order valence-electron chi connectivity index (χ3n) is 20.9. The summed E-state index contributed by atoms with van der Waals surface area (Å²) in [7, 11) is -1.65. The Morgan fingerprint density at radius 3 is 1.26 bits per heavy atom. The van der Waals surface area contributed by atoms with E-state index in [1.54, 1.807) is 28.4 Å². The summed E-state index contributed by atoms with van der Waals surface area (Å²) >= 11 is 3.36. The van der Waals surface area contributed by atoms with Gasteiger partial charge in [-0.3, -0.25) is 9.97 Å². The first-order chi connectivity index (χ1) is 54.8. The predicted octanol–water partition coefficient (Wildman–Crippen LogP) is 19.3. The van der Waals surface area contributed by atoms with E-state index in [0.717, 1.165) is 123 Å². The van der Waals surface area contributed by atoms with E-state index in [9.17, 15) is 9.59 Å². The molecule has 4 saturated heterocycles. The second-order valence-corrected chi connectivity index (χ2v) is 37.1. The number of hydrogen-bond donors (Lipinski definition) is 1. The molecule has 2 aromatic heterocycles. The molecule has 0 bridgehead atoms. The average molecular weight is 1620 g/mol. The number of halogens is 1. The van der Waals surface area contributed by atoms with Gasteiger partial charge in [-0.1, -0.05) is 208 Å². The van der Waals surface area contributed by atoms with Crippen molar-refractivity contribution in [3.05, 3.63) is 271 Å². The van der Waals surface area contributed by atoms with Crippen LogP contribution in [0.15, 0.2) is 260 Å². The Labute approximate surface area is 681 Å². The molecule has 7 heterocycles. The number of fused-ring (bicyclic) bond motifs is 2. The van der Waals surface area contributed by atoms with Gasteiger partial charge in [0.2, 0.25) is 0 Å². The Morgan fingerprint density at radius 1 is 0.460 bits per heavy atom. The highest BCUT2D eigenvalue weighted by atomic mass is 79.9. The van der Waals surface area contributed by atoms with Gasteiger partial charge in [0, 0.05) is 70.1 Å². The molecule has 10 aromatic rings. The van der Waals surface area contributed by atoms with Crippen LogP contribution in [0.5, 0.6) is 34.5 Å². The fourth-order valence-corrected chi connectivity index (χ4v) is 20.2. The van der Waals surface area contributed by atoms with Gasteiger partial charge in [0.15, 0.2) is 0 Å². The summed E-state index contributed by atoms with van der Waals surface area (Å²) in [6.45, 7) is 24.3. The third kappa shape index (κ3) is 23.9. The first-order valence-corrected chi connectivity index (χ1v) is 43.6. The molecule has 113 heavy (non-hydrogen) atoms. The number of anilines is 1. The van der Waals surface area contributed by atoms with Crippen LogP contribution in [0.2, 0.25) is 0 Å². The van der Waals surface area contributed by atoms with Gasteiger partial charge in [0.05, 0.1) is 49.6 Å². The summed E-state index contributed by atoms with van der Waals surface area (Å²) in [5.74, 6) is 6.94. The van der Waals surface area contributed by atoms with Crippen LogP contribution in [0.4, 0.5) is 15.3 Å². The van der Waals surface area contributed by atoms with Gasteiger partial charge in [-0.2, -0.15) is 0 Å². The number of ether oxygens (including phenoxy) is 7. The molecule has 5 aliphatic heterocycles. The highest BCUT2D eigenvalue weighted by Gasteiger charge is 2.40. The van der Waals surface area contributed by atoms with Gasteiger partial charge in [0.25, 0.3) is 0 Å². The first-order valence-electron chi connectivity index (χ1n) is 40.2. The van der Waals surface area contributed by atoms with Gasteiger partial charge >= 0.3 is 12.2 Å². The number of para-hydroxylation sites is 4. The second-order valence-electron chi connectivity index (χ2n) is 31.9. The SMILES string of the molecule is CC(C)(C)OC(=O)N1CCC[C@H]1COc1cncc(Br)c1.CC(C)(C)OC(=O)N1CCC[C@H]1COc1cncc(N2CCC(CCOc3ccccc3)CC2)c1.CC1(C)c2cccc(P(c3ccccc3)c3ccccc3)c2Oc2c(P(c3ccccc3)c3ccccc3)cccc21.c1ccc(OCCC2CCNCC2)cc1. The summed E-state index contributed by atoms with van der Waals surface area (Å²) in [6, 6.07) is 81.3. The highest BCUT2D eigenvalue weighted by Crippen LogP contribution is 2.52. The van der Waals surface area contributed by atoms with Crippen molar-refractivity contribution in [1.29, 1.82) is 0 Å². The smallest absolute Gasteiger partial charge is 0.410 e. The molecule has 0 spiro atoms. The van der Waals surface area contributed by atoms with Gasteiger partial charge in [-0.25, -0.2) is 9.59 Å². The molecule has 0 unspecified atom stereocenters. The number of hydrogen-bond acceptors (Lipinski definition) is 13. The minimum Gasteiger partial charge on any atom is -0.494 e. The molecule has 0 saturated carbocycles. The Kier molecular flexibility index (Phi) is 29.9. The third-order valence-corrected chi connectivity index (χ3v) is 26.2. The van der Waals surface area contributed by atoms with Crippen molar-refractivity contribution in [2.24, 2.45) is 11.8 Å². The molecule has 1 N–H and O–H groups in total. The number of amides is 2. The monoisotopic (exact) mass is 1620 g/mol. The maximum Gasteiger partial charge on any atom is 0.410 e. The number of piperidine rings is 2. The van der Waals surface area contributed by atoms with Crippen LogP contribution in [0, 0.1) is 11.8 Å². The Bertz CT molecular complexity index is 4360. The molecule has 0 radical (unpaired) electrons. The number of aromatic nitrogens is 2. The number of rotatable bonds is 21. The zero-order valence-electron chi connectivity index (χ0n) is 66.9. The lowest BCUT2D eigenvalue weighted by Crippen LogP contribution is -2.42. The average Bonchev–Trinajstić information content (AvgIpc) is 1.16. The molecule has 8 aromatic carbocycles. The van der Waals surface area contributed by atoms with E-state index in [1.165, 1.54) is 75.3 Å².